The second kappa shape index (κ2) is 5.89. The average molecular weight is 272 g/mol. The van der Waals surface area contributed by atoms with Gasteiger partial charge in [0.2, 0.25) is 0 Å². The molecule has 0 saturated heterocycles. The Bertz CT molecular complexity index is 612. The lowest BCUT2D eigenvalue weighted by Crippen LogP contribution is -2.02. The molecule has 1 atom stereocenters. The van der Waals surface area contributed by atoms with E-state index in [1.54, 1.807) is 0 Å². The maximum atomic E-state index is 8.89. The maximum Gasteiger partial charge on any atom is 0.192 e. The van der Waals surface area contributed by atoms with Crippen molar-refractivity contribution in [3.05, 3.63) is 29.8 Å². The minimum Gasteiger partial charge on any atom is -0.302 e. The van der Waals surface area contributed by atoms with Crippen LogP contribution in [0.4, 0.5) is 0 Å². The van der Waals surface area contributed by atoms with Crippen molar-refractivity contribution in [1.82, 2.24) is 14.8 Å². The average Bonchev–Trinajstić information content (AvgIpc) is 2.81. The number of nitrogens with zero attached hydrogens (tertiary/aromatic N) is 4. The van der Waals surface area contributed by atoms with Crippen molar-refractivity contribution in [2.75, 3.05) is 0 Å². The standard InChI is InChI=1S/C14H16N4S/c1-4-18-13(12-7-5-6-10(2)8-12)16-17-14(18)19-11(3)9-15/h5-8,11H,4H2,1-3H3. The van der Waals surface area contributed by atoms with Gasteiger partial charge in [-0.2, -0.15) is 5.26 Å². The molecule has 0 N–H and O–H groups in total. The first-order valence-electron chi connectivity index (χ1n) is 6.22. The molecule has 4 nitrogen and oxygen atoms in total. The minimum atomic E-state index is -0.125. The highest BCUT2D eigenvalue weighted by Gasteiger charge is 2.15. The van der Waals surface area contributed by atoms with E-state index in [1.165, 1.54) is 17.3 Å². The summed E-state index contributed by atoms with van der Waals surface area (Å²) in [6, 6.07) is 10.4. The van der Waals surface area contributed by atoms with Gasteiger partial charge in [-0.25, -0.2) is 0 Å². The quantitative estimate of drug-likeness (QED) is 0.801. The summed E-state index contributed by atoms with van der Waals surface area (Å²) >= 11 is 1.44. The molecule has 0 aliphatic heterocycles. The Labute approximate surface area is 117 Å². The summed E-state index contributed by atoms with van der Waals surface area (Å²) < 4.78 is 2.05. The predicted octanol–water partition coefficient (Wildman–Crippen LogP) is 3.28. The smallest absolute Gasteiger partial charge is 0.192 e. The predicted molar refractivity (Wildman–Crippen MR) is 76.8 cm³/mol. The van der Waals surface area contributed by atoms with Crippen molar-refractivity contribution in [3.8, 4) is 17.5 Å². The SMILES string of the molecule is CCn1c(SC(C)C#N)nnc1-c1cccc(C)c1. The molecule has 0 saturated carbocycles. The van der Waals surface area contributed by atoms with E-state index < -0.39 is 0 Å². The van der Waals surface area contributed by atoms with Crippen LogP contribution >= 0.6 is 11.8 Å². The Kier molecular flexibility index (Phi) is 4.23. The molecule has 0 aliphatic rings. The zero-order valence-corrected chi connectivity index (χ0v) is 12.1. The third-order valence-corrected chi connectivity index (χ3v) is 3.75. The van der Waals surface area contributed by atoms with Crippen molar-refractivity contribution >= 4 is 11.8 Å². The van der Waals surface area contributed by atoms with Gasteiger partial charge in [-0.1, -0.05) is 35.5 Å². The van der Waals surface area contributed by atoms with E-state index in [0.717, 1.165) is 23.1 Å². The molecule has 5 heteroatoms. The summed E-state index contributed by atoms with van der Waals surface area (Å²) in [5.74, 6) is 0.860. The van der Waals surface area contributed by atoms with Gasteiger partial charge >= 0.3 is 0 Å². The van der Waals surface area contributed by atoms with E-state index in [2.05, 4.69) is 42.2 Å². The lowest BCUT2D eigenvalue weighted by atomic mass is 10.1. The molecule has 0 amide bonds. The largest absolute Gasteiger partial charge is 0.302 e. The number of thioether (sulfide) groups is 1. The molecular formula is C14H16N4S. The first-order chi connectivity index (χ1) is 9.15. The summed E-state index contributed by atoms with van der Waals surface area (Å²) in [5.41, 5.74) is 2.26. The van der Waals surface area contributed by atoms with Gasteiger partial charge < -0.3 is 4.57 Å². The van der Waals surface area contributed by atoms with Gasteiger partial charge in [0.1, 0.15) is 0 Å². The summed E-state index contributed by atoms with van der Waals surface area (Å²) in [5, 5.41) is 18.0. The Morgan fingerprint density at radius 3 is 2.84 bits per heavy atom. The van der Waals surface area contributed by atoms with E-state index in [0.29, 0.717) is 0 Å². The second-order valence-electron chi connectivity index (χ2n) is 4.31. The topological polar surface area (TPSA) is 54.5 Å². The Morgan fingerprint density at radius 2 is 2.21 bits per heavy atom. The molecular weight excluding hydrogens is 256 g/mol. The second-order valence-corrected chi connectivity index (χ2v) is 5.62. The molecule has 2 rings (SSSR count). The summed E-state index contributed by atoms with van der Waals surface area (Å²) in [4.78, 5) is 0. The number of hydrogen-bond donors (Lipinski definition) is 0. The van der Waals surface area contributed by atoms with Crippen LogP contribution in [-0.2, 0) is 6.54 Å². The van der Waals surface area contributed by atoms with Crippen LogP contribution in [0.1, 0.15) is 19.4 Å². The summed E-state index contributed by atoms with van der Waals surface area (Å²) in [7, 11) is 0. The molecule has 0 fully saturated rings. The van der Waals surface area contributed by atoms with Crippen molar-refractivity contribution < 1.29 is 0 Å². The summed E-state index contributed by atoms with van der Waals surface area (Å²) in [6.07, 6.45) is 0. The molecule has 0 bridgehead atoms. The fourth-order valence-corrected chi connectivity index (χ4v) is 2.64. The first-order valence-corrected chi connectivity index (χ1v) is 7.10. The van der Waals surface area contributed by atoms with Crippen LogP contribution in [0.25, 0.3) is 11.4 Å². The van der Waals surface area contributed by atoms with Crippen molar-refractivity contribution in [2.24, 2.45) is 0 Å². The van der Waals surface area contributed by atoms with E-state index in [4.69, 9.17) is 5.26 Å². The Balaban J connectivity index is 2.40. The summed E-state index contributed by atoms with van der Waals surface area (Å²) in [6.45, 7) is 6.77. The van der Waals surface area contributed by atoms with E-state index in [9.17, 15) is 0 Å². The fourth-order valence-electron chi connectivity index (χ4n) is 1.84. The molecule has 1 aromatic carbocycles. The van der Waals surface area contributed by atoms with Crippen LogP contribution in [0.15, 0.2) is 29.4 Å². The van der Waals surface area contributed by atoms with Gasteiger partial charge in [0.05, 0.1) is 11.3 Å². The highest BCUT2D eigenvalue weighted by atomic mass is 32.2. The Morgan fingerprint density at radius 1 is 1.42 bits per heavy atom. The van der Waals surface area contributed by atoms with Gasteiger partial charge in [0, 0.05) is 12.1 Å². The lowest BCUT2D eigenvalue weighted by molar-refractivity contribution is 0.686. The van der Waals surface area contributed by atoms with Gasteiger partial charge in [-0.3, -0.25) is 0 Å². The van der Waals surface area contributed by atoms with Crippen molar-refractivity contribution in [3.63, 3.8) is 0 Å². The number of nitriles is 1. The molecule has 19 heavy (non-hydrogen) atoms. The molecule has 98 valence electrons. The normalized spacial score (nSPS) is 12.1. The molecule has 0 aliphatic carbocycles. The zero-order chi connectivity index (χ0) is 13.8. The maximum absolute atomic E-state index is 8.89. The van der Waals surface area contributed by atoms with Gasteiger partial charge in [-0.15, -0.1) is 10.2 Å². The van der Waals surface area contributed by atoms with Crippen LogP contribution < -0.4 is 0 Å². The van der Waals surface area contributed by atoms with Crippen LogP contribution in [0.3, 0.4) is 0 Å². The van der Waals surface area contributed by atoms with E-state index in [-0.39, 0.29) is 5.25 Å². The number of aromatic nitrogens is 3. The van der Waals surface area contributed by atoms with Crippen LogP contribution in [0.5, 0.6) is 0 Å². The van der Waals surface area contributed by atoms with Crippen LogP contribution in [-0.4, -0.2) is 20.0 Å². The van der Waals surface area contributed by atoms with Gasteiger partial charge in [-0.05, 0) is 26.8 Å². The fraction of sp³-hybridized carbons (Fsp3) is 0.357. The van der Waals surface area contributed by atoms with Gasteiger partial charge in [0.15, 0.2) is 11.0 Å². The third kappa shape index (κ3) is 2.96. The highest BCUT2D eigenvalue weighted by Crippen LogP contribution is 2.26. The number of benzene rings is 1. The van der Waals surface area contributed by atoms with Crippen molar-refractivity contribution in [1.29, 1.82) is 5.26 Å². The molecule has 1 unspecified atom stereocenters. The van der Waals surface area contributed by atoms with Gasteiger partial charge in [0.25, 0.3) is 0 Å². The molecule has 0 spiro atoms. The molecule has 2 aromatic rings. The van der Waals surface area contributed by atoms with Crippen molar-refractivity contribution in [2.45, 2.75) is 37.7 Å². The number of rotatable bonds is 4. The molecule has 0 radical (unpaired) electrons. The molecule has 1 aromatic heterocycles. The lowest BCUT2D eigenvalue weighted by Gasteiger charge is -2.08. The zero-order valence-electron chi connectivity index (χ0n) is 11.3. The van der Waals surface area contributed by atoms with Crippen LogP contribution in [0, 0.1) is 18.3 Å². The minimum absolute atomic E-state index is 0.125. The third-order valence-electron chi connectivity index (χ3n) is 2.77. The van der Waals surface area contributed by atoms with Crippen LogP contribution in [0.2, 0.25) is 0 Å². The Hall–Kier alpha value is -1.80. The number of hydrogen-bond acceptors (Lipinski definition) is 4. The van der Waals surface area contributed by atoms with E-state index in [1.807, 2.05) is 23.6 Å². The monoisotopic (exact) mass is 272 g/mol. The molecule has 1 heterocycles. The highest BCUT2D eigenvalue weighted by molar-refractivity contribution is 8.00. The van der Waals surface area contributed by atoms with E-state index >= 15 is 0 Å². The first kappa shape index (κ1) is 13.6. The number of aryl methyl sites for hydroxylation is 1.